The molecule has 0 bridgehead atoms. The smallest absolute Gasteiger partial charge is 0.357 e. The molecule has 6 heteroatoms. The highest BCUT2D eigenvalue weighted by Crippen LogP contribution is 2.31. The van der Waals surface area contributed by atoms with E-state index in [4.69, 9.17) is 0 Å². The third kappa shape index (κ3) is 6.15. The molecule has 3 rings (SSSR count). The minimum Gasteiger partial charge on any atom is -0.357 e. The molecule has 3 aromatic carbocycles. The van der Waals surface area contributed by atoms with Gasteiger partial charge in [0.2, 0.25) is 5.91 Å². The van der Waals surface area contributed by atoms with E-state index in [-0.39, 0.29) is 5.91 Å². The molecule has 0 aliphatic rings. The van der Waals surface area contributed by atoms with Crippen LogP contribution < -0.4 is 10.2 Å². The summed E-state index contributed by atoms with van der Waals surface area (Å²) in [6.45, 7) is 4.65. The van der Waals surface area contributed by atoms with Crippen LogP contribution in [0.1, 0.15) is 40.3 Å². The summed E-state index contributed by atoms with van der Waals surface area (Å²) in [5.74, 6) is -0.117. The maximum absolute atomic E-state index is 13.0. The predicted molar refractivity (Wildman–Crippen MR) is 126 cm³/mol. The van der Waals surface area contributed by atoms with Crippen molar-refractivity contribution in [3.63, 3.8) is 0 Å². The number of carbonyl (C=O) groups is 1. The van der Waals surface area contributed by atoms with Gasteiger partial charge in [-0.25, -0.2) is 0 Å². The van der Waals surface area contributed by atoms with Gasteiger partial charge in [0.15, 0.2) is 0 Å². The number of nitrogens with one attached hydrogen (secondary N) is 1. The number of anilines is 1. The van der Waals surface area contributed by atoms with Gasteiger partial charge < -0.3 is 10.2 Å². The summed E-state index contributed by atoms with van der Waals surface area (Å²) in [6, 6.07) is 20.5. The Morgan fingerprint density at radius 1 is 0.939 bits per heavy atom. The van der Waals surface area contributed by atoms with E-state index in [1.165, 1.54) is 17.7 Å². The number of carbonyl (C=O) groups excluding carboxylic acids is 1. The van der Waals surface area contributed by atoms with Crippen molar-refractivity contribution >= 4 is 11.6 Å². The van der Waals surface area contributed by atoms with Gasteiger partial charge in [-0.15, -0.1) is 0 Å². The van der Waals surface area contributed by atoms with Crippen LogP contribution in [0.4, 0.5) is 18.9 Å². The lowest BCUT2D eigenvalue weighted by atomic mass is 10.0. The second kappa shape index (κ2) is 10.6. The van der Waals surface area contributed by atoms with E-state index in [0.717, 1.165) is 34.5 Å². The Kier molecular flexibility index (Phi) is 7.79. The predicted octanol–water partition coefficient (Wildman–Crippen LogP) is 6.25. The van der Waals surface area contributed by atoms with Crippen molar-refractivity contribution in [2.45, 2.75) is 38.9 Å². The molecule has 33 heavy (non-hydrogen) atoms. The zero-order chi connectivity index (χ0) is 24.0. The summed E-state index contributed by atoms with van der Waals surface area (Å²) in [5, 5.41) is 2.78. The summed E-state index contributed by atoms with van der Waals surface area (Å²) in [7, 11) is 1.62. The van der Waals surface area contributed by atoms with Crippen LogP contribution in [-0.2, 0) is 17.4 Å². The maximum atomic E-state index is 13.0. The lowest BCUT2D eigenvalue weighted by Crippen LogP contribution is -2.40. The minimum absolute atomic E-state index is 0.117. The van der Waals surface area contributed by atoms with Gasteiger partial charge in [-0.1, -0.05) is 48.5 Å². The zero-order valence-corrected chi connectivity index (χ0v) is 19.1. The van der Waals surface area contributed by atoms with Crippen LogP contribution in [0.15, 0.2) is 72.8 Å². The third-order valence-electron chi connectivity index (χ3n) is 5.89. The quantitative estimate of drug-likeness (QED) is 0.436. The average Bonchev–Trinajstić information content (AvgIpc) is 2.80. The molecule has 0 heterocycles. The van der Waals surface area contributed by atoms with Crippen molar-refractivity contribution in [2.75, 3.05) is 18.5 Å². The topological polar surface area (TPSA) is 32.3 Å². The van der Waals surface area contributed by atoms with Gasteiger partial charge in [0, 0.05) is 19.3 Å². The molecule has 3 nitrogen and oxygen atoms in total. The fourth-order valence-corrected chi connectivity index (χ4v) is 3.87. The molecule has 174 valence electrons. The molecular weight excluding hydrogens is 425 g/mol. The molecular formula is C27H29F3N2O. The Labute approximate surface area is 193 Å². The summed E-state index contributed by atoms with van der Waals surface area (Å²) >= 11 is 0. The fourth-order valence-electron chi connectivity index (χ4n) is 3.87. The van der Waals surface area contributed by atoms with Crippen molar-refractivity contribution in [3.8, 4) is 0 Å². The van der Waals surface area contributed by atoms with Crippen LogP contribution in [0.2, 0.25) is 0 Å². The Morgan fingerprint density at radius 3 is 2.18 bits per heavy atom. The SMILES string of the molecule is CNC(=O)[C@H](c1ccccc1)N(CCCc1ccc(C(F)(F)F)cc1)c1ccc(C)c(C)c1. The van der Waals surface area contributed by atoms with Crippen molar-refractivity contribution in [2.24, 2.45) is 0 Å². The van der Waals surface area contributed by atoms with Gasteiger partial charge in [-0.2, -0.15) is 13.2 Å². The number of rotatable bonds is 8. The fraction of sp³-hybridized carbons (Fsp3) is 0.296. The Balaban J connectivity index is 1.87. The van der Waals surface area contributed by atoms with E-state index in [2.05, 4.69) is 16.3 Å². The molecule has 0 unspecified atom stereocenters. The van der Waals surface area contributed by atoms with Crippen molar-refractivity contribution in [1.29, 1.82) is 0 Å². The number of hydrogen-bond acceptors (Lipinski definition) is 2. The van der Waals surface area contributed by atoms with Gasteiger partial charge in [-0.05, 0) is 73.2 Å². The number of likely N-dealkylation sites (N-methyl/N-ethyl adjacent to an activating group) is 1. The standard InChI is InChI=1S/C27H29F3N2O/c1-19-11-16-24(18-20(19)2)32(25(26(33)31-3)22-9-5-4-6-10-22)17-7-8-21-12-14-23(15-13-21)27(28,29)30/h4-6,9-16,18,25H,7-8,17H2,1-3H3,(H,31,33)/t25-/m0/s1. The molecule has 1 atom stereocenters. The van der Waals surface area contributed by atoms with E-state index in [9.17, 15) is 18.0 Å². The first kappa shape index (κ1) is 24.4. The highest BCUT2D eigenvalue weighted by molar-refractivity contribution is 5.86. The van der Waals surface area contributed by atoms with E-state index < -0.39 is 17.8 Å². The third-order valence-corrected chi connectivity index (χ3v) is 5.89. The molecule has 0 aliphatic carbocycles. The normalized spacial score (nSPS) is 12.3. The molecule has 0 saturated heterocycles. The van der Waals surface area contributed by atoms with Crippen molar-refractivity contribution in [1.82, 2.24) is 5.32 Å². The number of halogens is 3. The van der Waals surface area contributed by atoms with Crippen LogP contribution in [0, 0.1) is 13.8 Å². The van der Waals surface area contributed by atoms with Gasteiger partial charge in [0.05, 0.1) is 5.56 Å². The molecule has 0 spiro atoms. The van der Waals surface area contributed by atoms with Crippen LogP contribution in [0.25, 0.3) is 0 Å². The molecule has 0 fully saturated rings. The molecule has 1 amide bonds. The first-order valence-electron chi connectivity index (χ1n) is 11.0. The molecule has 0 aromatic heterocycles. The molecule has 1 N–H and O–H groups in total. The maximum Gasteiger partial charge on any atom is 0.416 e. The van der Waals surface area contributed by atoms with Crippen LogP contribution in [0.5, 0.6) is 0 Å². The van der Waals surface area contributed by atoms with Crippen LogP contribution >= 0.6 is 0 Å². The first-order valence-corrected chi connectivity index (χ1v) is 11.0. The van der Waals surface area contributed by atoms with Gasteiger partial charge >= 0.3 is 6.18 Å². The number of amides is 1. The Morgan fingerprint density at radius 2 is 1.61 bits per heavy atom. The van der Waals surface area contributed by atoms with E-state index >= 15 is 0 Å². The van der Waals surface area contributed by atoms with E-state index in [0.29, 0.717) is 19.4 Å². The number of alkyl halides is 3. The largest absolute Gasteiger partial charge is 0.416 e. The molecule has 0 aliphatic heterocycles. The summed E-state index contributed by atoms with van der Waals surface area (Å²) in [5.41, 5.74) is 4.29. The highest BCUT2D eigenvalue weighted by Gasteiger charge is 2.30. The summed E-state index contributed by atoms with van der Waals surface area (Å²) in [4.78, 5) is 15.1. The zero-order valence-electron chi connectivity index (χ0n) is 19.1. The summed E-state index contributed by atoms with van der Waals surface area (Å²) in [6.07, 6.45) is -3.05. The molecule has 3 aromatic rings. The number of aryl methyl sites for hydroxylation is 3. The van der Waals surface area contributed by atoms with E-state index in [1.54, 1.807) is 7.05 Å². The number of benzene rings is 3. The molecule has 0 saturated carbocycles. The lowest BCUT2D eigenvalue weighted by molar-refractivity contribution is -0.137. The van der Waals surface area contributed by atoms with Gasteiger partial charge in [-0.3, -0.25) is 4.79 Å². The number of nitrogens with zero attached hydrogens (tertiary/aromatic N) is 1. The van der Waals surface area contributed by atoms with Crippen LogP contribution in [0.3, 0.4) is 0 Å². The summed E-state index contributed by atoms with van der Waals surface area (Å²) < 4.78 is 38.5. The lowest BCUT2D eigenvalue weighted by Gasteiger charge is -2.33. The Bertz CT molecular complexity index is 1060. The minimum atomic E-state index is -4.34. The second-order valence-corrected chi connectivity index (χ2v) is 8.19. The second-order valence-electron chi connectivity index (χ2n) is 8.19. The van der Waals surface area contributed by atoms with Crippen molar-refractivity contribution < 1.29 is 18.0 Å². The van der Waals surface area contributed by atoms with Gasteiger partial charge in [0.25, 0.3) is 0 Å². The van der Waals surface area contributed by atoms with Crippen LogP contribution in [-0.4, -0.2) is 19.5 Å². The average molecular weight is 455 g/mol. The number of hydrogen-bond donors (Lipinski definition) is 1. The van der Waals surface area contributed by atoms with Gasteiger partial charge in [0.1, 0.15) is 6.04 Å². The first-order chi connectivity index (χ1) is 15.7. The molecule has 0 radical (unpaired) electrons. The monoisotopic (exact) mass is 454 g/mol. The van der Waals surface area contributed by atoms with Crippen molar-refractivity contribution in [3.05, 3.63) is 101 Å². The van der Waals surface area contributed by atoms with E-state index in [1.807, 2.05) is 56.3 Å². The Hall–Kier alpha value is -3.28. The highest BCUT2D eigenvalue weighted by atomic mass is 19.4.